The van der Waals surface area contributed by atoms with E-state index in [-0.39, 0.29) is 0 Å². The average molecular weight is 191 g/mol. The number of rotatable bonds is 2. The van der Waals surface area contributed by atoms with Crippen molar-refractivity contribution in [3.63, 3.8) is 0 Å². The summed E-state index contributed by atoms with van der Waals surface area (Å²) >= 11 is 1.36. The first-order valence-corrected chi connectivity index (χ1v) is 4.80. The highest BCUT2D eigenvalue weighted by Gasteiger charge is 2.00. The van der Waals surface area contributed by atoms with Crippen LogP contribution in [0.5, 0.6) is 0 Å². The van der Waals surface area contributed by atoms with Crippen molar-refractivity contribution in [2.75, 3.05) is 0 Å². The summed E-state index contributed by atoms with van der Waals surface area (Å²) in [6, 6.07) is 8.03. The summed E-state index contributed by atoms with van der Waals surface area (Å²) in [6.07, 6.45) is 0. The number of nitrogens with two attached hydrogens (primary N) is 1. The highest BCUT2D eigenvalue weighted by atomic mass is 32.1. The van der Waals surface area contributed by atoms with Crippen LogP contribution in [-0.2, 0) is 6.54 Å². The molecule has 0 saturated carbocycles. The summed E-state index contributed by atoms with van der Waals surface area (Å²) in [6.45, 7) is 0.561. The molecular formula is C9H9N3S. The summed E-state index contributed by atoms with van der Waals surface area (Å²) in [5.41, 5.74) is 8.65. The summed E-state index contributed by atoms with van der Waals surface area (Å²) < 4.78 is 3.81. The number of aromatic nitrogens is 2. The minimum atomic E-state index is 0.561. The van der Waals surface area contributed by atoms with Gasteiger partial charge in [0.25, 0.3) is 0 Å². The topological polar surface area (TPSA) is 51.8 Å². The fourth-order valence-electron chi connectivity index (χ4n) is 1.15. The molecule has 0 bridgehead atoms. The van der Waals surface area contributed by atoms with Crippen molar-refractivity contribution in [3.8, 4) is 11.3 Å². The predicted molar refractivity (Wildman–Crippen MR) is 53.2 cm³/mol. The second-order valence-corrected chi connectivity index (χ2v) is 3.30. The lowest BCUT2D eigenvalue weighted by Gasteiger charge is -1.98. The Balaban J connectivity index is 2.41. The van der Waals surface area contributed by atoms with E-state index < -0.39 is 0 Å². The van der Waals surface area contributed by atoms with E-state index >= 15 is 0 Å². The Bertz CT molecular complexity index is 384. The second kappa shape index (κ2) is 3.64. The lowest BCUT2D eigenvalue weighted by atomic mass is 10.1. The van der Waals surface area contributed by atoms with E-state index in [0.29, 0.717) is 6.54 Å². The molecule has 3 nitrogen and oxygen atoms in total. The van der Waals surface area contributed by atoms with Crippen molar-refractivity contribution in [1.29, 1.82) is 0 Å². The van der Waals surface area contributed by atoms with Gasteiger partial charge in [-0.3, -0.25) is 0 Å². The number of nitrogens with zero attached hydrogens (tertiary/aromatic N) is 2. The molecule has 1 heterocycles. The molecule has 0 aliphatic rings. The Kier molecular flexibility index (Phi) is 2.33. The van der Waals surface area contributed by atoms with Gasteiger partial charge in [0.15, 0.2) is 0 Å². The Morgan fingerprint density at radius 3 is 3.00 bits per heavy atom. The van der Waals surface area contributed by atoms with Crippen molar-refractivity contribution >= 4 is 11.5 Å². The van der Waals surface area contributed by atoms with E-state index in [1.165, 1.54) is 11.5 Å². The molecule has 13 heavy (non-hydrogen) atoms. The fourth-order valence-corrected chi connectivity index (χ4v) is 1.61. The van der Waals surface area contributed by atoms with Crippen LogP contribution in [0.25, 0.3) is 11.3 Å². The molecular weight excluding hydrogens is 182 g/mol. The lowest BCUT2D eigenvalue weighted by molar-refractivity contribution is 1.07. The van der Waals surface area contributed by atoms with Gasteiger partial charge in [-0.1, -0.05) is 22.7 Å². The monoisotopic (exact) mass is 191 g/mol. The molecule has 0 aliphatic heterocycles. The van der Waals surface area contributed by atoms with Crippen LogP contribution in [0, 0.1) is 0 Å². The quantitative estimate of drug-likeness (QED) is 0.785. The van der Waals surface area contributed by atoms with Gasteiger partial charge in [0.05, 0.1) is 0 Å². The molecule has 0 spiro atoms. The van der Waals surface area contributed by atoms with Gasteiger partial charge < -0.3 is 5.73 Å². The highest BCUT2D eigenvalue weighted by Crippen LogP contribution is 2.18. The zero-order valence-corrected chi connectivity index (χ0v) is 7.79. The van der Waals surface area contributed by atoms with E-state index in [0.717, 1.165) is 16.8 Å². The molecule has 66 valence electrons. The number of hydrogen-bond donors (Lipinski definition) is 1. The predicted octanol–water partition coefficient (Wildman–Crippen LogP) is 1.66. The van der Waals surface area contributed by atoms with Gasteiger partial charge in [-0.2, -0.15) is 0 Å². The van der Waals surface area contributed by atoms with E-state index in [4.69, 9.17) is 5.73 Å². The van der Waals surface area contributed by atoms with E-state index in [1.807, 2.05) is 29.6 Å². The molecule has 0 aliphatic carbocycles. The first-order valence-electron chi connectivity index (χ1n) is 3.96. The molecule has 2 rings (SSSR count). The van der Waals surface area contributed by atoms with Crippen molar-refractivity contribution < 1.29 is 0 Å². The van der Waals surface area contributed by atoms with Crippen LogP contribution >= 0.6 is 11.5 Å². The van der Waals surface area contributed by atoms with Crippen molar-refractivity contribution in [2.45, 2.75) is 6.54 Å². The minimum Gasteiger partial charge on any atom is -0.326 e. The Hall–Kier alpha value is -1.26. The molecule has 0 atom stereocenters. The molecule has 4 heteroatoms. The fraction of sp³-hybridized carbons (Fsp3) is 0.111. The maximum atomic E-state index is 5.54. The average Bonchev–Trinajstić information content (AvgIpc) is 2.71. The molecule has 2 aromatic rings. The number of hydrogen-bond acceptors (Lipinski definition) is 4. The number of benzene rings is 1. The van der Waals surface area contributed by atoms with Gasteiger partial charge in [-0.25, -0.2) is 0 Å². The zero-order valence-electron chi connectivity index (χ0n) is 6.97. The lowest BCUT2D eigenvalue weighted by Crippen LogP contribution is -1.95. The van der Waals surface area contributed by atoms with E-state index in [2.05, 4.69) is 9.59 Å². The molecule has 0 radical (unpaired) electrons. The van der Waals surface area contributed by atoms with Gasteiger partial charge in [0.1, 0.15) is 5.69 Å². The third-order valence-corrected chi connectivity index (χ3v) is 2.32. The molecule has 2 N–H and O–H groups in total. The maximum absolute atomic E-state index is 5.54. The van der Waals surface area contributed by atoms with E-state index in [9.17, 15) is 0 Å². The van der Waals surface area contributed by atoms with Gasteiger partial charge >= 0.3 is 0 Å². The van der Waals surface area contributed by atoms with Gasteiger partial charge in [-0.05, 0) is 23.2 Å². The molecule has 0 fully saturated rings. The smallest absolute Gasteiger partial charge is 0.105 e. The Morgan fingerprint density at radius 1 is 1.38 bits per heavy atom. The van der Waals surface area contributed by atoms with Crippen LogP contribution in [-0.4, -0.2) is 9.59 Å². The van der Waals surface area contributed by atoms with Gasteiger partial charge in [0.2, 0.25) is 0 Å². The Labute approximate surface area is 80.4 Å². The van der Waals surface area contributed by atoms with Crippen molar-refractivity contribution in [2.24, 2.45) is 5.73 Å². The second-order valence-electron chi connectivity index (χ2n) is 2.69. The van der Waals surface area contributed by atoms with Crippen molar-refractivity contribution in [1.82, 2.24) is 9.59 Å². The minimum absolute atomic E-state index is 0.561. The first-order chi connectivity index (χ1) is 6.40. The SMILES string of the molecule is NCc1cccc(-c2csnn2)c1. The molecule has 0 saturated heterocycles. The third kappa shape index (κ3) is 1.74. The Morgan fingerprint density at radius 2 is 2.31 bits per heavy atom. The largest absolute Gasteiger partial charge is 0.326 e. The van der Waals surface area contributed by atoms with E-state index in [1.54, 1.807) is 0 Å². The zero-order chi connectivity index (χ0) is 9.10. The van der Waals surface area contributed by atoms with Crippen LogP contribution in [0.2, 0.25) is 0 Å². The maximum Gasteiger partial charge on any atom is 0.105 e. The van der Waals surface area contributed by atoms with Crippen LogP contribution in [0.3, 0.4) is 0 Å². The van der Waals surface area contributed by atoms with Crippen LogP contribution < -0.4 is 5.73 Å². The normalized spacial score (nSPS) is 10.2. The van der Waals surface area contributed by atoms with Gasteiger partial charge in [-0.15, -0.1) is 5.10 Å². The summed E-state index contributed by atoms with van der Waals surface area (Å²) in [5, 5.41) is 5.92. The first kappa shape index (κ1) is 8.34. The molecule has 1 aromatic carbocycles. The summed E-state index contributed by atoms with van der Waals surface area (Å²) in [4.78, 5) is 0. The molecule has 1 aromatic heterocycles. The summed E-state index contributed by atoms with van der Waals surface area (Å²) in [7, 11) is 0. The standard InChI is InChI=1S/C9H9N3S/c10-5-7-2-1-3-8(4-7)9-6-13-12-11-9/h1-4,6H,5,10H2. The van der Waals surface area contributed by atoms with Crippen LogP contribution in [0.4, 0.5) is 0 Å². The van der Waals surface area contributed by atoms with Crippen LogP contribution in [0.15, 0.2) is 29.6 Å². The van der Waals surface area contributed by atoms with Crippen LogP contribution in [0.1, 0.15) is 5.56 Å². The van der Waals surface area contributed by atoms with Crippen molar-refractivity contribution in [3.05, 3.63) is 35.2 Å². The third-order valence-electron chi connectivity index (χ3n) is 1.82. The summed E-state index contributed by atoms with van der Waals surface area (Å²) in [5.74, 6) is 0. The highest BCUT2D eigenvalue weighted by molar-refractivity contribution is 7.03. The molecule has 0 amide bonds. The molecule has 0 unspecified atom stereocenters. The van der Waals surface area contributed by atoms with Gasteiger partial charge in [0, 0.05) is 17.5 Å².